The second-order valence-corrected chi connectivity index (χ2v) is 5.30. The molecule has 1 atom stereocenters. The van der Waals surface area contributed by atoms with Crippen molar-refractivity contribution in [3.05, 3.63) is 22.8 Å². The van der Waals surface area contributed by atoms with Gasteiger partial charge in [-0.05, 0) is 18.9 Å². The van der Waals surface area contributed by atoms with Crippen LogP contribution in [0.15, 0.2) is 12.3 Å². The number of aromatic nitrogens is 1. The maximum Gasteiger partial charge on any atom is 0.417 e. The largest absolute Gasteiger partial charge is 0.477 e. The Kier molecular flexibility index (Phi) is 7.57. The Morgan fingerprint density at radius 3 is 2.78 bits per heavy atom. The van der Waals surface area contributed by atoms with Crippen molar-refractivity contribution in [2.75, 3.05) is 13.2 Å². The molecule has 0 aromatic carbocycles. The zero-order valence-corrected chi connectivity index (χ0v) is 13.4. The number of rotatable bonds is 8. The van der Waals surface area contributed by atoms with Crippen LogP contribution in [0.5, 0.6) is 5.88 Å². The maximum absolute atomic E-state index is 12.5. The summed E-state index contributed by atoms with van der Waals surface area (Å²) in [6, 6.07) is 0.224. The molecule has 1 aromatic rings. The molecule has 1 rings (SSSR count). The fourth-order valence-corrected chi connectivity index (χ4v) is 1.93. The summed E-state index contributed by atoms with van der Waals surface area (Å²) in [6.45, 7) is 2.43. The molecule has 5 nitrogen and oxygen atoms in total. The van der Waals surface area contributed by atoms with Crippen LogP contribution in [0.1, 0.15) is 31.7 Å². The van der Waals surface area contributed by atoms with Crippen LogP contribution in [0, 0.1) is 0 Å². The first-order valence-electron chi connectivity index (χ1n) is 7.14. The van der Waals surface area contributed by atoms with E-state index in [2.05, 4.69) is 10.3 Å². The molecule has 0 saturated heterocycles. The monoisotopic (exact) mass is 353 g/mol. The van der Waals surface area contributed by atoms with Crippen molar-refractivity contribution in [3.8, 4) is 5.88 Å². The summed E-state index contributed by atoms with van der Waals surface area (Å²) in [7, 11) is 0. The number of nitrogens with zero attached hydrogens (tertiary/aromatic N) is 1. The normalized spacial score (nSPS) is 12.8. The Morgan fingerprint density at radius 2 is 2.22 bits per heavy atom. The van der Waals surface area contributed by atoms with E-state index in [1.54, 1.807) is 0 Å². The summed E-state index contributed by atoms with van der Waals surface area (Å²) < 4.78 is 42.6. The van der Waals surface area contributed by atoms with Crippen LogP contribution in [0.4, 0.5) is 13.2 Å². The van der Waals surface area contributed by atoms with Gasteiger partial charge in [-0.3, -0.25) is 4.79 Å². The number of carbonyl (C=O) groups is 1. The van der Waals surface area contributed by atoms with Crippen LogP contribution < -0.4 is 15.8 Å². The molecule has 0 aliphatic carbocycles. The van der Waals surface area contributed by atoms with Crippen LogP contribution >= 0.6 is 11.6 Å². The number of ether oxygens (including phenoxy) is 1. The second-order valence-electron chi connectivity index (χ2n) is 4.90. The summed E-state index contributed by atoms with van der Waals surface area (Å²) in [5.74, 6) is -0.314. The van der Waals surface area contributed by atoms with Crippen LogP contribution in [0.3, 0.4) is 0 Å². The highest BCUT2D eigenvalue weighted by Gasteiger charge is 2.31. The third-order valence-corrected chi connectivity index (χ3v) is 3.20. The van der Waals surface area contributed by atoms with E-state index in [4.69, 9.17) is 22.1 Å². The third kappa shape index (κ3) is 6.62. The highest BCUT2D eigenvalue weighted by atomic mass is 35.5. The van der Waals surface area contributed by atoms with Gasteiger partial charge in [0.1, 0.15) is 5.02 Å². The van der Waals surface area contributed by atoms with Crippen LogP contribution in [-0.4, -0.2) is 30.1 Å². The van der Waals surface area contributed by atoms with Gasteiger partial charge < -0.3 is 15.8 Å². The highest BCUT2D eigenvalue weighted by molar-refractivity contribution is 6.31. The van der Waals surface area contributed by atoms with E-state index in [1.807, 2.05) is 6.92 Å². The molecule has 1 aromatic heterocycles. The molecule has 0 spiro atoms. The first-order chi connectivity index (χ1) is 10.8. The zero-order valence-electron chi connectivity index (χ0n) is 12.6. The summed E-state index contributed by atoms with van der Waals surface area (Å²) in [5.41, 5.74) is 4.70. The minimum absolute atomic E-state index is 0.0753. The molecule has 0 fully saturated rings. The molecular weight excluding hydrogens is 335 g/mol. The summed E-state index contributed by atoms with van der Waals surface area (Å²) in [6.07, 6.45) is -1.98. The number of nitrogens with two attached hydrogens (primary N) is 1. The van der Waals surface area contributed by atoms with Crippen molar-refractivity contribution in [3.63, 3.8) is 0 Å². The predicted molar refractivity (Wildman–Crippen MR) is 80.3 cm³/mol. The topological polar surface area (TPSA) is 77.2 Å². The van der Waals surface area contributed by atoms with E-state index >= 15 is 0 Å². The fraction of sp³-hybridized carbons (Fsp3) is 0.571. The molecule has 9 heteroatoms. The number of alkyl halides is 3. The molecule has 3 N–H and O–H groups in total. The van der Waals surface area contributed by atoms with Crippen molar-refractivity contribution in [2.45, 2.75) is 38.4 Å². The predicted octanol–water partition coefficient (Wildman–Crippen LogP) is 2.77. The number of nitrogens with one attached hydrogen (secondary N) is 1. The highest BCUT2D eigenvalue weighted by Crippen LogP contribution is 2.33. The van der Waals surface area contributed by atoms with Gasteiger partial charge in [0.05, 0.1) is 18.2 Å². The van der Waals surface area contributed by atoms with Crippen LogP contribution in [-0.2, 0) is 11.0 Å². The number of hydrogen-bond donors (Lipinski definition) is 2. The van der Waals surface area contributed by atoms with E-state index in [0.717, 1.165) is 12.5 Å². The van der Waals surface area contributed by atoms with Gasteiger partial charge in [-0.15, -0.1) is 0 Å². The van der Waals surface area contributed by atoms with E-state index in [1.165, 1.54) is 0 Å². The number of hydrogen-bond acceptors (Lipinski definition) is 4. The first-order valence-corrected chi connectivity index (χ1v) is 7.52. The van der Waals surface area contributed by atoms with E-state index in [-0.39, 0.29) is 23.4 Å². The maximum atomic E-state index is 12.5. The Morgan fingerprint density at radius 1 is 1.52 bits per heavy atom. The van der Waals surface area contributed by atoms with Crippen molar-refractivity contribution >= 4 is 17.5 Å². The molecule has 23 heavy (non-hydrogen) atoms. The lowest BCUT2D eigenvalue weighted by atomic mass is 10.2. The Bertz CT molecular complexity index is 526. The van der Waals surface area contributed by atoms with Crippen LogP contribution in [0.2, 0.25) is 5.02 Å². The molecule has 0 saturated carbocycles. The first kappa shape index (κ1) is 19.5. The van der Waals surface area contributed by atoms with E-state index in [0.29, 0.717) is 25.6 Å². The molecule has 130 valence electrons. The van der Waals surface area contributed by atoms with Gasteiger partial charge in [0, 0.05) is 12.7 Å². The average molecular weight is 354 g/mol. The molecule has 0 aliphatic rings. The molecule has 0 radical (unpaired) electrons. The number of carbonyl (C=O) groups excluding carboxylic acids is 1. The van der Waals surface area contributed by atoms with Crippen LogP contribution in [0.25, 0.3) is 0 Å². The lowest BCUT2D eigenvalue weighted by Crippen LogP contribution is -2.41. The minimum Gasteiger partial charge on any atom is -0.477 e. The summed E-state index contributed by atoms with van der Waals surface area (Å²) in [4.78, 5) is 15.1. The van der Waals surface area contributed by atoms with Gasteiger partial charge in [-0.2, -0.15) is 13.2 Å². The fourth-order valence-electron chi connectivity index (χ4n) is 1.71. The lowest BCUT2D eigenvalue weighted by Gasteiger charge is -2.12. The van der Waals surface area contributed by atoms with Crippen molar-refractivity contribution in [1.29, 1.82) is 0 Å². The second kappa shape index (κ2) is 8.93. The number of pyridine rings is 1. The Labute approximate surface area is 137 Å². The third-order valence-electron chi connectivity index (χ3n) is 2.93. The van der Waals surface area contributed by atoms with Gasteiger partial charge >= 0.3 is 6.18 Å². The smallest absolute Gasteiger partial charge is 0.417 e. The van der Waals surface area contributed by atoms with Gasteiger partial charge in [0.15, 0.2) is 0 Å². The van der Waals surface area contributed by atoms with Crippen molar-refractivity contribution in [1.82, 2.24) is 10.3 Å². The van der Waals surface area contributed by atoms with Gasteiger partial charge in [-0.1, -0.05) is 24.9 Å². The Balaban J connectivity index is 2.35. The summed E-state index contributed by atoms with van der Waals surface area (Å²) in [5, 5.41) is 2.44. The minimum atomic E-state index is -4.50. The van der Waals surface area contributed by atoms with E-state index < -0.39 is 17.8 Å². The molecule has 1 amide bonds. The molecular formula is C14H19ClF3N3O2. The molecule has 1 unspecified atom stereocenters. The molecule has 1 heterocycles. The number of halogens is 4. The molecule has 0 bridgehead atoms. The van der Waals surface area contributed by atoms with Crippen molar-refractivity contribution in [2.24, 2.45) is 5.73 Å². The zero-order chi connectivity index (χ0) is 17.5. The number of amides is 1. The van der Waals surface area contributed by atoms with Gasteiger partial charge in [0.2, 0.25) is 11.8 Å². The molecule has 0 aliphatic heterocycles. The standard InChI is InChI=1S/C14H19ClF3N3O2/c1-2-4-11(19)12(22)20-5-3-6-23-13-10(15)7-9(8-21-13)14(16,17)18/h7-8,11H,2-6,19H2,1H3,(H,20,22). The van der Waals surface area contributed by atoms with E-state index in [9.17, 15) is 18.0 Å². The summed E-state index contributed by atoms with van der Waals surface area (Å²) >= 11 is 5.70. The average Bonchev–Trinajstić information content (AvgIpc) is 2.47. The van der Waals surface area contributed by atoms with Crippen molar-refractivity contribution < 1.29 is 22.7 Å². The van der Waals surface area contributed by atoms with Gasteiger partial charge in [-0.25, -0.2) is 4.98 Å². The van der Waals surface area contributed by atoms with Gasteiger partial charge in [0.25, 0.3) is 0 Å². The Hall–Kier alpha value is -1.54. The lowest BCUT2D eigenvalue weighted by molar-refractivity contribution is -0.137. The quantitative estimate of drug-likeness (QED) is 0.704. The SMILES string of the molecule is CCCC(N)C(=O)NCCCOc1ncc(C(F)(F)F)cc1Cl.